The van der Waals surface area contributed by atoms with Crippen molar-refractivity contribution in [3.63, 3.8) is 0 Å². The maximum Gasteiger partial charge on any atom is 0.434 e. The molecule has 2 aromatic rings. The number of aromatic amines is 1. The number of rotatable bonds is 3. The van der Waals surface area contributed by atoms with E-state index in [1.54, 1.807) is 27.0 Å². The number of nitrogens with zero attached hydrogens (tertiary/aromatic N) is 1. The maximum atomic E-state index is 11.7. The molecule has 0 aliphatic heterocycles. The molecular weight excluding hydrogens is 284 g/mol. The monoisotopic (exact) mass is 302 g/mol. The Morgan fingerprint density at radius 2 is 1.95 bits per heavy atom. The number of carboxylic acids is 1. The number of aliphatic imine (C=N–C) groups is 1. The van der Waals surface area contributed by atoms with Crippen molar-refractivity contribution in [2.75, 3.05) is 0 Å². The van der Waals surface area contributed by atoms with E-state index in [4.69, 9.17) is 4.74 Å². The molecule has 0 radical (unpaired) electrons. The second-order valence-electron chi connectivity index (χ2n) is 5.88. The molecular formula is C16H18N2O4. The number of para-hydroxylation sites is 1. The van der Waals surface area contributed by atoms with Gasteiger partial charge in [-0.15, -0.1) is 0 Å². The van der Waals surface area contributed by atoms with E-state index in [0.29, 0.717) is 0 Å². The molecule has 116 valence electrons. The minimum absolute atomic E-state index is 0.0403. The number of ether oxygens (including phenoxy) is 1. The van der Waals surface area contributed by atoms with Crippen molar-refractivity contribution in [3.05, 3.63) is 36.0 Å². The van der Waals surface area contributed by atoms with Gasteiger partial charge in [-0.3, -0.25) is 0 Å². The summed E-state index contributed by atoms with van der Waals surface area (Å²) in [6.07, 6.45) is 0.862. The molecule has 0 fully saturated rings. The molecule has 0 bridgehead atoms. The standard InChI is InChI=1S/C16H18N2O4/c1-16(2,3)22-15(21)18-13(14(19)20)8-10-9-17-12-7-5-4-6-11(10)12/h4-7,9,17H,8H2,1-3H3,(H,19,20). The lowest BCUT2D eigenvalue weighted by molar-refractivity contribution is -0.129. The van der Waals surface area contributed by atoms with Gasteiger partial charge in [-0.2, -0.15) is 4.99 Å². The molecule has 0 saturated heterocycles. The van der Waals surface area contributed by atoms with Crippen LogP contribution in [0.3, 0.4) is 0 Å². The Labute approximate surface area is 127 Å². The Hall–Kier alpha value is -2.63. The van der Waals surface area contributed by atoms with Gasteiger partial charge >= 0.3 is 12.1 Å². The van der Waals surface area contributed by atoms with Crippen molar-refractivity contribution in [3.8, 4) is 0 Å². The summed E-state index contributed by atoms with van der Waals surface area (Å²) in [4.78, 5) is 29.6. The molecule has 1 aromatic heterocycles. The quantitative estimate of drug-likeness (QED) is 0.852. The summed E-state index contributed by atoms with van der Waals surface area (Å²) in [6.45, 7) is 5.08. The summed E-state index contributed by atoms with van der Waals surface area (Å²) in [5.41, 5.74) is 0.698. The van der Waals surface area contributed by atoms with Crippen molar-refractivity contribution >= 4 is 28.7 Å². The highest BCUT2D eigenvalue weighted by molar-refractivity contribution is 6.37. The van der Waals surface area contributed by atoms with E-state index in [2.05, 4.69) is 9.98 Å². The predicted molar refractivity (Wildman–Crippen MR) is 83.3 cm³/mol. The lowest BCUT2D eigenvalue weighted by Gasteiger charge is -2.17. The third kappa shape index (κ3) is 3.94. The number of aromatic nitrogens is 1. The molecule has 2 rings (SSSR count). The zero-order valence-electron chi connectivity index (χ0n) is 12.7. The number of aliphatic carboxylic acids is 1. The van der Waals surface area contributed by atoms with Gasteiger partial charge in [-0.25, -0.2) is 9.59 Å². The van der Waals surface area contributed by atoms with Gasteiger partial charge in [0.05, 0.1) is 0 Å². The maximum absolute atomic E-state index is 11.7. The van der Waals surface area contributed by atoms with Crippen LogP contribution in [0, 0.1) is 0 Å². The second kappa shape index (κ2) is 6.01. The summed E-state index contributed by atoms with van der Waals surface area (Å²) >= 11 is 0. The fraction of sp³-hybridized carbons (Fsp3) is 0.312. The third-order valence-corrected chi connectivity index (χ3v) is 2.90. The molecule has 2 N–H and O–H groups in total. The van der Waals surface area contributed by atoms with E-state index in [-0.39, 0.29) is 12.1 Å². The van der Waals surface area contributed by atoms with E-state index >= 15 is 0 Å². The van der Waals surface area contributed by atoms with Crippen LogP contribution in [0.1, 0.15) is 26.3 Å². The molecule has 6 nitrogen and oxygen atoms in total. The van der Waals surface area contributed by atoms with Crippen LogP contribution in [-0.4, -0.2) is 33.5 Å². The molecule has 0 saturated carbocycles. The number of fused-ring (bicyclic) bond motifs is 1. The first-order valence-corrected chi connectivity index (χ1v) is 6.85. The van der Waals surface area contributed by atoms with Crippen LogP contribution in [0.4, 0.5) is 4.79 Å². The van der Waals surface area contributed by atoms with E-state index in [1.807, 2.05) is 24.3 Å². The smallest absolute Gasteiger partial charge is 0.434 e. The highest BCUT2D eigenvalue weighted by Gasteiger charge is 2.19. The Bertz CT molecular complexity index is 738. The fourth-order valence-corrected chi connectivity index (χ4v) is 2.02. The van der Waals surface area contributed by atoms with Gasteiger partial charge in [0.15, 0.2) is 0 Å². The summed E-state index contributed by atoms with van der Waals surface area (Å²) in [5.74, 6) is -1.24. The van der Waals surface area contributed by atoms with Gasteiger partial charge in [0, 0.05) is 23.5 Å². The molecule has 1 heterocycles. The van der Waals surface area contributed by atoms with Crippen LogP contribution in [0.5, 0.6) is 0 Å². The topological polar surface area (TPSA) is 91.8 Å². The number of hydrogen-bond acceptors (Lipinski definition) is 3. The van der Waals surface area contributed by atoms with Gasteiger partial charge < -0.3 is 14.8 Å². The van der Waals surface area contributed by atoms with Gasteiger partial charge in [-0.1, -0.05) is 18.2 Å². The average Bonchev–Trinajstić information content (AvgIpc) is 2.79. The third-order valence-electron chi connectivity index (χ3n) is 2.90. The van der Waals surface area contributed by atoms with Crippen LogP contribution in [0.2, 0.25) is 0 Å². The van der Waals surface area contributed by atoms with E-state index in [9.17, 15) is 14.7 Å². The molecule has 1 aromatic carbocycles. The SMILES string of the molecule is CC(C)(C)OC(=O)N=C(Cc1c[nH]c2ccccc12)C(=O)O. The number of amides is 1. The predicted octanol–water partition coefficient (Wildman–Crippen LogP) is 3.17. The second-order valence-corrected chi connectivity index (χ2v) is 5.88. The summed E-state index contributed by atoms with van der Waals surface area (Å²) < 4.78 is 5.03. The Balaban J connectivity index is 2.26. The van der Waals surface area contributed by atoms with Crippen LogP contribution in [-0.2, 0) is 16.0 Å². The minimum Gasteiger partial charge on any atom is -0.477 e. The number of carbonyl (C=O) groups excluding carboxylic acids is 1. The molecule has 0 aliphatic rings. The molecule has 0 unspecified atom stereocenters. The van der Waals surface area contributed by atoms with Crippen LogP contribution in [0.15, 0.2) is 35.5 Å². The zero-order valence-corrected chi connectivity index (χ0v) is 12.7. The Morgan fingerprint density at radius 1 is 1.27 bits per heavy atom. The van der Waals surface area contributed by atoms with Crippen molar-refractivity contribution in [1.29, 1.82) is 0 Å². The van der Waals surface area contributed by atoms with Gasteiger partial charge in [0.25, 0.3) is 0 Å². The first-order chi connectivity index (χ1) is 10.3. The highest BCUT2D eigenvalue weighted by atomic mass is 16.6. The highest BCUT2D eigenvalue weighted by Crippen LogP contribution is 2.18. The minimum atomic E-state index is -1.24. The van der Waals surface area contributed by atoms with Gasteiger partial charge in [0.1, 0.15) is 11.3 Å². The number of carboxylic acid groups (broad SMARTS) is 1. The summed E-state index contributed by atoms with van der Waals surface area (Å²) in [7, 11) is 0. The number of carbonyl (C=O) groups is 2. The number of benzene rings is 1. The van der Waals surface area contributed by atoms with E-state index in [0.717, 1.165) is 16.5 Å². The average molecular weight is 302 g/mol. The molecule has 0 spiro atoms. The van der Waals surface area contributed by atoms with Crippen LogP contribution < -0.4 is 0 Å². The lowest BCUT2D eigenvalue weighted by Crippen LogP contribution is -2.24. The van der Waals surface area contributed by atoms with Crippen LogP contribution in [0.25, 0.3) is 10.9 Å². The van der Waals surface area contributed by atoms with Gasteiger partial charge in [-0.05, 0) is 32.4 Å². The number of nitrogens with one attached hydrogen (secondary N) is 1. The van der Waals surface area contributed by atoms with Crippen molar-refractivity contribution in [2.24, 2.45) is 4.99 Å². The van der Waals surface area contributed by atoms with Crippen molar-refractivity contribution in [1.82, 2.24) is 4.98 Å². The summed E-state index contributed by atoms with van der Waals surface area (Å²) in [5, 5.41) is 10.1. The normalized spacial score (nSPS) is 12.4. The Morgan fingerprint density at radius 3 is 2.59 bits per heavy atom. The number of H-pyrrole nitrogens is 1. The molecule has 1 amide bonds. The first-order valence-electron chi connectivity index (χ1n) is 6.85. The van der Waals surface area contributed by atoms with Crippen molar-refractivity contribution in [2.45, 2.75) is 32.8 Å². The van der Waals surface area contributed by atoms with Crippen molar-refractivity contribution < 1.29 is 19.4 Å². The molecule has 22 heavy (non-hydrogen) atoms. The molecule has 6 heteroatoms. The largest absolute Gasteiger partial charge is 0.477 e. The first kappa shape index (κ1) is 15.8. The number of hydrogen-bond donors (Lipinski definition) is 2. The Kier molecular flexibility index (Phi) is 4.30. The van der Waals surface area contributed by atoms with E-state index in [1.165, 1.54) is 0 Å². The fourth-order valence-electron chi connectivity index (χ4n) is 2.02. The zero-order chi connectivity index (χ0) is 16.3. The van der Waals surface area contributed by atoms with Gasteiger partial charge in [0.2, 0.25) is 0 Å². The van der Waals surface area contributed by atoms with Crippen LogP contribution >= 0.6 is 0 Å². The van der Waals surface area contributed by atoms with E-state index < -0.39 is 17.7 Å². The molecule has 0 atom stereocenters. The molecule has 0 aliphatic carbocycles. The lowest BCUT2D eigenvalue weighted by atomic mass is 10.1. The summed E-state index contributed by atoms with van der Waals surface area (Å²) in [6, 6.07) is 7.53.